The first-order valence-corrected chi connectivity index (χ1v) is 8.83. The van der Waals surface area contributed by atoms with Crippen molar-refractivity contribution in [1.82, 2.24) is 10.1 Å². The van der Waals surface area contributed by atoms with E-state index in [-0.39, 0.29) is 45.5 Å². The molecule has 0 unspecified atom stereocenters. The van der Waals surface area contributed by atoms with Crippen LogP contribution >= 0.6 is 11.6 Å². The lowest BCUT2D eigenvalue weighted by Crippen LogP contribution is -1.96. The summed E-state index contributed by atoms with van der Waals surface area (Å²) < 4.78 is 47.8. The molecule has 146 valence electrons. The molecule has 4 aromatic rings. The Morgan fingerprint density at radius 2 is 1.69 bits per heavy atom. The SMILES string of the molecule is OCc1cccnc1-c1c(-c2ccc(Cl)cc2F)noc1-c1ccc(F)cc1F. The number of nitrogens with zero attached hydrogens (tertiary/aromatic N) is 2. The van der Waals surface area contributed by atoms with Crippen LogP contribution in [0.1, 0.15) is 5.56 Å². The number of benzene rings is 2. The normalized spacial score (nSPS) is 11.1. The van der Waals surface area contributed by atoms with Crippen LogP contribution in [0.15, 0.2) is 59.3 Å². The van der Waals surface area contributed by atoms with Crippen molar-refractivity contribution in [3.05, 3.63) is 82.8 Å². The van der Waals surface area contributed by atoms with Crippen molar-refractivity contribution >= 4 is 11.6 Å². The predicted octanol–water partition coefficient (Wildman–Crippen LogP) is 5.63. The van der Waals surface area contributed by atoms with Gasteiger partial charge < -0.3 is 9.63 Å². The molecule has 0 aliphatic carbocycles. The van der Waals surface area contributed by atoms with Gasteiger partial charge in [-0.1, -0.05) is 22.8 Å². The van der Waals surface area contributed by atoms with Gasteiger partial charge >= 0.3 is 0 Å². The number of hydrogen-bond acceptors (Lipinski definition) is 4. The van der Waals surface area contributed by atoms with Crippen LogP contribution in [0.2, 0.25) is 5.02 Å². The van der Waals surface area contributed by atoms with E-state index in [0.717, 1.165) is 12.1 Å². The van der Waals surface area contributed by atoms with Crippen LogP contribution in [-0.4, -0.2) is 15.2 Å². The van der Waals surface area contributed by atoms with E-state index in [9.17, 15) is 18.3 Å². The van der Waals surface area contributed by atoms with Crippen LogP contribution in [0.3, 0.4) is 0 Å². The van der Waals surface area contributed by atoms with Gasteiger partial charge in [-0.05, 0) is 36.4 Å². The summed E-state index contributed by atoms with van der Waals surface area (Å²) in [4.78, 5) is 4.25. The number of halogens is 4. The minimum absolute atomic E-state index is 0.0475. The van der Waals surface area contributed by atoms with Gasteiger partial charge in [-0.3, -0.25) is 4.98 Å². The molecular formula is C21H12ClF3N2O2. The third-order valence-electron chi connectivity index (χ3n) is 4.35. The summed E-state index contributed by atoms with van der Waals surface area (Å²) in [5.41, 5.74) is 0.822. The van der Waals surface area contributed by atoms with Crippen molar-refractivity contribution in [2.45, 2.75) is 6.61 Å². The molecule has 4 nitrogen and oxygen atoms in total. The smallest absolute Gasteiger partial charge is 0.179 e. The molecule has 0 fully saturated rings. The Morgan fingerprint density at radius 1 is 0.931 bits per heavy atom. The first kappa shape index (κ1) is 19.2. The Hall–Kier alpha value is -3.16. The van der Waals surface area contributed by atoms with Crippen molar-refractivity contribution in [2.75, 3.05) is 0 Å². The highest BCUT2D eigenvalue weighted by molar-refractivity contribution is 6.30. The largest absolute Gasteiger partial charge is 0.392 e. The van der Waals surface area contributed by atoms with Gasteiger partial charge in [-0.15, -0.1) is 0 Å². The zero-order valence-corrected chi connectivity index (χ0v) is 15.4. The first-order chi connectivity index (χ1) is 14.0. The van der Waals surface area contributed by atoms with Gasteiger partial charge in [0, 0.05) is 28.4 Å². The summed E-state index contributed by atoms with van der Waals surface area (Å²) in [6.07, 6.45) is 1.47. The van der Waals surface area contributed by atoms with E-state index in [4.69, 9.17) is 16.1 Å². The fraction of sp³-hybridized carbons (Fsp3) is 0.0476. The van der Waals surface area contributed by atoms with Crippen LogP contribution in [0.5, 0.6) is 0 Å². The van der Waals surface area contributed by atoms with Gasteiger partial charge in [0.1, 0.15) is 23.1 Å². The average molecular weight is 417 g/mol. The maximum absolute atomic E-state index is 14.6. The Balaban J connectivity index is 2.04. The van der Waals surface area contributed by atoms with E-state index < -0.39 is 17.5 Å². The summed E-state index contributed by atoms with van der Waals surface area (Å²) in [5, 5.41) is 13.8. The molecule has 4 rings (SSSR count). The highest BCUT2D eigenvalue weighted by atomic mass is 35.5. The fourth-order valence-corrected chi connectivity index (χ4v) is 3.18. The molecule has 1 N–H and O–H groups in total. The molecular weight excluding hydrogens is 405 g/mol. The lowest BCUT2D eigenvalue weighted by atomic mass is 9.96. The summed E-state index contributed by atoms with van der Waals surface area (Å²) in [6.45, 7) is -0.373. The molecule has 2 aromatic carbocycles. The number of hydrogen-bond donors (Lipinski definition) is 1. The highest BCUT2D eigenvalue weighted by Gasteiger charge is 2.27. The van der Waals surface area contributed by atoms with E-state index in [1.54, 1.807) is 12.1 Å². The van der Waals surface area contributed by atoms with Crippen LogP contribution in [0.4, 0.5) is 13.2 Å². The van der Waals surface area contributed by atoms with Crippen molar-refractivity contribution in [2.24, 2.45) is 0 Å². The average Bonchev–Trinajstić information content (AvgIpc) is 3.12. The molecule has 2 aromatic heterocycles. The molecule has 0 amide bonds. The van der Waals surface area contributed by atoms with Crippen molar-refractivity contribution in [3.8, 4) is 33.8 Å². The lowest BCUT2D eigenvalue weighted by molar-refractivity contribution is 0.282. The zero-order chi connectivity index (χ0) is 20.5. The van der Waals surface area contributed by atoms with Crippen molar-refractivity contribution in [1.29, 1.82) is 0 Å². The van der Waals surface area contributed by atoms with Gasteiger partial charge in [0.05, 0.1) is 23.4 Å². The Morgan fingerprint density at radius 3 is 2.41 bits per heavy atom. The Labute approximate surface area is 168 Å². The quantitative estimate of drug-likeness (QED) is 0.468. The van der Waals surface area contributed by atoms with Gasteiger partial charge in [0.15, 0.2) is 5.76 Å². The van der Waals surface area contributed by atoms with Crippen molar-refractivity contribution < 1.29 is 22.8 Å². The molecule has 0 spiro atoms. The van der Waals surface area contributed by atoms with E-state index in [0.29, 0.717) is 11.6 Å². The number of aliphatic hydroxyl groups is 1. The zero-order valence-electron chi connectivity index (χ0n) is 14.7. The highest BCUT2D eigenvalue weighted by Crippen LogP contribution is 2.42. The Bertz CT molecular complexity index is 1140. The Kier molecular flexibility index (Phi) is 5.08. The predicted molar refractivity (Wildman–Crippen MR) is 101 cm³/mol. The van der Waals surface area contributed by atoms with Crippen LogP contribution < -0.4 is 0 Å². The van der Waals surface area contributed by atoms with Gasteiger partial charge in [0.2, 0.25) is 0 Å². The second-order valence-corrected chi connectivity index (χ2v) is 6.59. The molecule has 0 aliphatic rings. The van der Waals surface area contributed by atoms with Crippen LogP contribution in [0.25, 0.3) is 33.8 Å². The monoisotopic (exact) mass is 416 g/mol. The summed E-state index contributed by atoms with van der Waals surface area (Å²) >= 11 is 5.83. The number of aliphatic hydroxyl groups excluding tert-OH is 1. The molecule has 29 heavy (non-hydrogen) atoms. The number of pyridine rings is 1. The van der Waals surface area contributed by atoms with Crippen LogP contribution in [-0.2, 0) is 6.61 Å². The molecule has 0 bridgehead atoms. The molecule has 0 atom stereocenters. The van der Waals surface area contributed by atoms with E-state index in [1.165, 1.54) is 24.4 Å². The topological polar surface area (TPSA) is 59.2 Å². The standard InChI is InChI=1S/C21H12ClF3N2O2/c22-12-3-5-14(16(24)8-12)20-18(19-11(10-28)2-1-7-26-19)21(29-27-20)15-6-4-13(23)9-17(15)25/h1-9,28H,10H2. The van der Waals surface area contributed by atoms with E-state index in [2.05, 4.69) is 10.1 Å². The molecule has 0 saturated carbocycles. The van der Waals surface area contributed by atoms with E-state index >= 15 is 0 Å². The summed E-state index contributed by atoms with van der Waals surface area (Å²) in [5.74, 6) is -2.38. The molecule has 0 saturated heterocycles. The first-order valence-electron chi connectivity index (χ1n) is 8.45. The maximum Gasteiger partial charge on any atom is 0.179 e. The molecule has 0 aliphatic heterocycles. The minimum atomic E-state index is -0.882. The molecule has 8 heteroatoms. The maximum atomic E-state index is 14.6. The third kappa shape index (κ3) is 3.50. The molecule has 2 heterocycles. The summed E-state index contributed by atoms with van der Waals surface area (Å²) in [6, 6.07) is 10.2. The van der Waals surface area contributed by atoms with Gasteiger partial charge in [-0.25, -0.2) is 13.2 Å². The van der Waals surface area contributed by atoms with Crippen LogP contribution in [0, 0.1) is 17.5 Å². The molecule has 0 radical (unpaired) electrons. The summed E-state index contributed by atoms with van der Waals surface area (Å²) in [7, 11) is 0. The van der Waals surface area contributed by atoms with Gasteiger partial charge in [0.25, 0.3) is 0 Å². The third-order valence-corrected chi connectivity index (χ3v) is 4.59. The number of rotatable bonds is 4. The second kappa shape index (κ2) is 7.69. The minimum Gasteiger partial charge on any atom is -0.392 e. The van der Waals surface area contributed by atoms with E-state index in [1.807, 2.05) is 0 Å². The van der Waals surface area contributed by atoms with Crippen molar-refractivity contribution in [3.63, 3.8) is 0 Å². The second-order valence-electron chi connectivity index (χ2n) is 6.15. The fourth-order valence-electron chi connectivity index (χ4n) is 3.02. The van der Waals surface area contributed by atoms with Gasteiger partial charge in [-0.2, -0.15) is 0 Å². The number of aromatic nitrogens is 2. The lowest BCUT2D eigenvalue weighted by Gasteiger charge is -2.09.